The van der Waals surface area contributed by atoms with Gasteiger partial charge in [0.05, 0.1) is 0 Å². The van der Waals surface area contributed by atoms with Crippen molar-refractivity contribution < 1.29 is 26.7 Å². The highest BCUT2D eigenvalue weighted by Crippen LogP contribution is 2.40. The lowest BCUT2D eigenvalue weighted by Crippen LogP contribution is -2.13. The van der Waals surface area contributed by atoms with Crippen molar-refractivity contribution in [3.8, 4) is 16.9 Å². The number of fused-ring (bicyclic) bond motifs is 1. The summed E-state index contributed by atoms with van der Waals surface area (Å²) in [6.07, 6.45) is 12.6. The maximum atomic E-state index is 15.4. The molecule has 3 aromatic rings. The summed E-state index contributed by atoms with van der Waals surface area (Å²) in [5.41, 5.74) is 1.11. The zero-order valence-electron chi connectivity index (χ0n) is 20.6. The van der Waals surface area contributed by atoms with Gasteiger partial charge in [-0.3, -0.25) is 0 Å². The number of rotatable bonds is 10. The molecule has 0 saturated heterocycles. The van der Waals surface area contributed by atoms with Crippen LogP contribution in [0.2, 0.25) is 0 Å². The van der Waals surface area contributed by atoms with Gasteiger partial charge >= 0.3 is 6.61 Å². The number of benzene rings is 3. The lowest BCUT2D eigenvalue weighted by molar-refractivity contribution is -0.0546. The zero-order valence-corrected chi connectivity index (χ0v) is 20.6. The van der Waals surface area contributed by atoms with E-state index in [1.54, 1.807) is 12.1 Å². The molecule has 1 fully saturated rings. The van der Waals surface area contributed by atoms with Gasteiger partial charge in [0.2, 0.25) is 0 Å². The van der Waals surface area contributed by atoms with Gasteiger partial charge in [-0.05, 0) is 66.2 Å². The Balaban J connectivity index is 1.46. The Hall–Kier alpha value is -2.63. The van der Waals surface area contributed by atoms with Gasteiger partial charge in [-0.1, -0.05) is 75.8 Å². The molecule has 4 rings (SSSR count). The second kappa shape index (κ2) is 12.1. The molecule has 0 aliphatic heterocycles. The minimum Gasteiger partial charge on any atom is -0.429 e. The molecule has 0 unspecified atom stereocenters. The molecule has 0 atom stereocenters. The summed E-state index contributed by atoms with van der Waals surface area (Å²) in [4.78, 5) is 0. The monoisotopic (exact) mass is 504 g/mol. The SMILES string of the molecule is CCCCCCCC1CCC(c2ccc3c(F)c(-c4cc(F)c(OC(F)F)c(F)c4)ccc3c2)CC1. The Bertz CT molecular complexity index is 1140. The van der Waals surface area contributed by atoms with E-state index in [9.17, 15) is 17.6 Å². The maximum absolute atomic E-state index is 15.4. The third-order valence-corrected chi connectivity index (χ3v) is 7.53. The van der Waals surface area contributed by atoms with Crippen LogP contribution < -0.4 is 4.74 Å². The van der Waals surface area contributed by atoms with Gasteiger partial charge in [-0.15, -0.1) is 0 Å². The third kappa shape index (κ3) is 6.19. The van der Waals surface area contributed by atoms with E-state index < -0.39 is 29.8 Å². The lowest BCUT2D eigenvalue weighted by atomic mass is 9.76. The second-order valence-electron chi connectivity index (χ2n) is 9.98. The van der Waals surface area contributed by atoms with Crippen molar-refractivity contribution in [1.29, 1.82) is 0 Å². The molecule has 3 aromatic carbocycles. The molecule has 0 amide bonds. The van der Waals surface area contributed by atoms with Gasteiger partial charge < -0.3 is 4.74 Å². The van der Waals surface area contributed by atoms with E-state index in [2.05, 4.69) is 11.7 Å². The number of unbranched alkanes of at least 4 members (excludes halogenated alkanes) is 4. The molecule has 0 heterocycles. The van der Waals surface area contributed by atoms with Crippen LogP contribution >= 0.6 is 0 Å². The number of halogens is 5. The van der Waals surface area contributed by atoms with Crippen LogP contribution in [0.1, 0.15) is 82.6 Å². The molecular formula is C30H33F5O. The average Bonchev–Trinajstić information content (AvgIpc) is 2.86. The topological polar surface area (TPSA) is 9.23 Å². The molecule has 1 saturated carbocycles. The smallest absolute Gasteiger partial charge is 0.387 e. The molecule has 0 spiro atoms. The molecule has 0 bridgehead atoms. The van der Waals surface area contributed by atoms with Crippen LogP contribution in [0.25, 0.3) is 21.9 Å². The fourth-order valence-corrected chi connectivity index (χ4v) is 5.53. The Morgan fingerprint density at radius 1 is 0.833 bits per heavy atom. The van der Waals surface area contributed by atoms with E-state index in [4.69, 9.17) is 0 Å². The first kappa shape index (κ1) is 26.4. The predicted molar refractivity (Wildman–Crippen MR) is 134 cm³/mol. The van der Waals surface area contributed by atoms with Crippen molar-refractivity contribution in [3.05, 3.63) is 65.5 Å². The lowest BCUT2D eigenvalue weighted by Gasteiger charge is -2.29. The summed E-state index contributed by atoms with van der Waals surface area (Å²) in [5.74, 6) is -3.13. The maximum Gasteiger partial charge on any atom is 0.387 e. The van der Waals surface area contributed by atoms with Crippen molar-refractivity contribution in [2.45, 2.75) is 83.7 Å². The van der Waals surface area contributed by atoms with Crippen LogP contribution in [-0.4, -0.2) is 6.61 Å². The van der Waals surface area contributed by atoms with Crippen LogP contribution in [-0.2, 0) is 0 Å². The summed E-state index contributed by atoms with van der Waals surface area (Å²) in [6, 6.07) is 10.5. The van der Waals surface area contributed by atoms with E-state index in [0.29, 0.717) is 11.3 Å². The minimum atomic E-state index is -3.36. The van der Waals surface area contributed by atoms with Crippen LogP contribution in [0.3, 0.4) is 0 Å². The van der Waals surface area contributed by atoms with Crippen molar-refractivity contribution in [2.24, 2.45) is 5.92 Å². The number of hydrogen-bond donors (Lipinski definition) is 0. The van der Waals surface area contributed by atoms with Crippen molar-refractivity contribution in [2.75, 3.05) is 0 Å². The first-order valence-corrected chi connectivity index (χ1v) is 13.0. The summed E-state index contributed by atoms with van der Waals surface area (Å²) in [6.45, 7) is -1.13. The van der Waals surface area contributed by atoms with Gasteiger partial charge in [0.15, 0.2) is 17.4 Å². The Kier molecular flexibility index (Phi) is 8.86. The Morgan fingerprint density at radius 2 is 1.53 bits per heavy atom. The highest BCUT2D eigenvalue weighted by Gasteiger charge is 2.23. The molecule has 1 nitrogen and oxygen atoms in total. The first-order valence-electron chi connectivity index (χ1n) is 13.0. The van der Waals surface area contributed by atoms with Crippen LogP contribution in [0.5, 0.6) is 5.75 Å². The standard InChI is InChI=1S/C30H33F5O/c1-2-3-4-5-6-7-19-8-10-20(11-9-19)21-12-14-24-22(16-21)13-15-25(28(24)33)23-17-26(31)29(27(32)18-23)36-30(34)35/h12-20,30H,2-11H2,1H3. The quantitative estimate of drug-likeness (QED) is 0.197. The summed E-state index contributed by atoms with van der Waals surface area (Å²) < 4.78 is 72.4. The van der Waals surface area contributed by atoms with Gasteiger partial charge in [-0.2, -0.15) is 8.78 Å². The highest BCUT2D eigenvalue weighted by molar-refractivity contribution is 5.89. The molecule has 1 aliphatic carbocycles. The highest BCUT2D eigenvalue weighted by atomic mass is 19.3. The molecule has 6 heteroatoms. The fraction of sp³-hybridized carbons (Fsp3) is 0.467. The van der Waals surface area contributed by atoms with E-state index in [1.807, 2.05) is 12.1 Å². The predicted octanol–water partition coefficient (Wildman–Crippen LogP) is 10.2. The Labute approximate surface area is 209 Å². The third-order valence-electron chi connectivity index (χ3n) is 7.53. The van der Waals surface area contributed by atoms with Crippen LogP contribution in [0, 0.1) is 23.4 Å². The fourth-order valence-electron chi connectivity index (χ4n) is 5.53. The van der Waals surface area contributed by atoms with E-state index in [-0.39, 0.29) is 11.1 Å². The normalized spacial score (nSPS) is 18.2. The Morgan fingerprint density at radius 3 is 2.19 bits per heavy atom. The molecule has 194 valence electrons. The van der Waals surface area contributed by atoms with Gasteiger partial charge in [0.1, 0.15) is 5.82 Å². The van der Waals surface area contributed by atoms with Gasteiger partial charge in [0, 0.05) is 10.9 Å². The van der Waals surface area contributed by atoms with E-state index >= 15 is 4.39 Å². The molecule has 36 heavy (non-hydrogen) atoms. The summed E-state index contributed by atoms with van der Waals surface area (Å²) in [7, 11) is 0. The summed E-state index contributed by atoms with van der Waals surface area (Å²) in [5, 5.41) is 1.08. The number of ether oxygens (including phenoxy) is 1. The molecule has 1 aliphatic rings. The van der Waals surface area contributed by atoms with Crippen molar-refractivity contribution in [3.63, 3.8) is 0 Å². The van der Waals surface area contributed by atoms with Crippen molar-refractivity contribution in [1.82, 2.24) is 0 Å². The molecular weight excluding hydrogens is 471 g/mol. The zero-order chi connectivity index (χ0) is 25.7. The van der Waals surface area contributed by atoms with Crippen LogP contribution in [0.15, 0.2) is 42.5 Å². The average molecular weight is 505 g/mol. The van der Waals surface area contributed by atoms with E-state index in [0.717, 1.165) is 36.3 Å². The molecule has 0 N–H and O–H groups in total. The van der Waals surface area contributed by atoms with Crippen LogP contribution in [0.4, 0.5) is 22.0 Å². The van der Waals surface area contributed by atoms with Gasteiger partial charge in [-0.25, -0.2) is 13.2 Å². The summed E-state index contributed by atoms with van der Waals surface area (Å²) >= 11 is 0. The van der Waals surface area contributed by atoms with Gasteiger partial charge in [0.25, 0.3) is 0 Å². The first-order chi connectivity index (χ1) is 17.4. The van der Waals surface area contributed by atoms with E-state index in [1.165, 1.54) is 63.0 Å². The number of hydrogen-bond acceptors (Lipinski definition) is 1. The van der Waals surface area contributed by atoms with Crippen molar-refractivity contribution >= 4 is 10.8 Å². The largest absolute Gasteiger partial charge is 0.429 e. The number of alkyl halides is 2. The minimum absolute atomic E-state index is 0.00362. The molecule has 0 radical (unpaired) electrons. The molecule has 0 aromatic heterocycles. The second-order valence-corrected chi connectivity index (χ2v) is 9.98.